The van der Waals surface area contributed by atoms with Crippen LogP contribution in [0.15, 0.2) is 54.6 Å². The highest BCUT2D eigenvalue weighted by Gasteiger charge is 2.12. The summed E-state index contributed by atoms with van der Waals surface area (Å²) in [5.41, 5.74) is 4.13. The van der Waals surface area contributed by atoms with Crippen LogP contribution in [0.4, 0.5) is 5.69 Å². The number of aromatic amines is 1. The minimum absolute atomic E-state index is 0.238. The lowest BCUT2D eigenvalue weighted by Gasteiger charge is -2.15. The number of hydrogen-bond acceptors (Lipinski definition) is 5. The number of ether oxygens (including phenoxy) is 1. The first-order valence-corrected chi connectivity index (χ1v) is 12.8. The van der Waals surface area contributed by atoms with E-state index in [-0.39, 0.29) is 17.3 Å². The van der Waals surface area contributed by atoms with Crippen LogP contribution in [0.3, 0.4) is 0 Å². The molecule has 0 saturated carbocycles. The number of hydrogen-bond donors (Lipinski definition) is 4. The molecule has 0 saturated heterocycles. The first-order valence-electron chi connectivity index (χ1n) is 10.5. The molecule has 3 aromatic carbocycles. The molecule has 0 radical (unpaired) electrons. The third kappa shape index (κ3) is 5.78. The summed E-state index contributed by atoms with van der Waals surface area (Å²) in [7, 11) is -3.47. The van der Waals surface area contributed by atoms with E-state index in [1.54, 1.807) is 12.1 Å². The van der Waals surface area contributed by atoms with E-state index in [1.165, 1.54) is 17.0 Å². The molecule has 0 aliphatic heterocycles. The molecule has 33 heavy (non-hydrogen) atoms. The number of halogens is 1. The van der Waals surface area contributed by atoms with Gasteiger partial charge >= 0.3 is 0 Å². The minimum atomic E-state index is -3.47. The second-order valence-corrected chi connectivity index (χ2v) is 10.2. The van der Waals surface area contributed by atoms with Crippen LogP contribution in [0, 0.1) is 6.92 Å². The van der Waals surface area contributed by atoms with E-state index in [1.807, 2.05) is 12.1 Å². The van der Waals surface area contributed by atoms with E-state index in [9.17, 15) is 13.5 Å². The normalized spacial score (nSPS) is 12.8. The Morgan fingerprint density at radius 1 is 1.06 bits per heavy atom. The summed E-state index contributed by atoms with van der Waals surface area (Å²) in [4.78, 5) is 3.44. The van der Waals surface area contributed by atoms with Gasteiger partial charge in [0, 0.05) is 35.4 Å². The smallest absolute Gasteiger partial charge is 0.229 e. The Morgan fingerprint density at radius 2 is 1.79 bits per heavy atom. The van der Waals surface area contributed by atoms with Crippen molar-refractivity contribution < 1.29 is 18.3 Å². The van der Waals surface area contributed by atoms with Crippen molar-refractivity contribution in [3.63, 3.8) is 0 Å². The molecule has 174 valence electrons. The second-order valence-electron chi connectivity index (χ2n) is 8.06. The minimum Gasteiger partial charge on any atom is -0.492 e. The van der Waals surface area contributed by atoms with Crippen molar-refractivity contribution in [3.8, 4) is 5.75 Å². The van der Waals surface area contributed by atoms with Gasteiger partial charge in [0.25, 0.3) is 0 Å². The molecule has 7 nitrogen and oxygen atoms in total. The zero-order valence-electron chi connectivity index (χ0n) is 18.4. The molecule has 0 spiro atoms. The summed E-state index contributed by atoms with van der Waals surface area (Å²) in [6, 6.07) is 17.1. The van der Waals surface area contributed by atoms with Crippen molar-refractivity contribution in [2.75, 3.05) is 30.7 Å². The Hall–Kier alpha value is -2.78. The van der Waals surface area contributed by atoms with Gasteiger partial charge < -0.3 is 20.1 Å². The number of anilines is 1. The number of aliphatic hydroxyl groups excluding tert-OH is 1. The third-order valence-electron chi connectivity index (χ3n) is 5.28. The Bertz CT molecular complexity index is 1400. The highest BCUT2D eigenvalue weighted by molar-refractivity contribution is 7.92. The molecule has 9 heteroatoms. The van der Waals surface area contributed by atoms with Crippen LogP contribution in [0.25, 0.3) is 21.8 Å². The average Bonchev–Trinajstić information content (AvgIpc) is 3.10. The molecule has 0 aliphatic carbocycles. The van der Waals surface area contributed by atoms with Crippen LogP contribution in [-0.2, 0) is 10.0 Å². The quantitative estimate of drug-likeness (QED) is 0.263. The maximum absolute atomic E-state index is 11.5. The van der Waals surface area contributed by atoms with Crippen LogP contribution < -0.4 is 14.8 Å². The molecule has 0 amide bonds. The predicted molar refractivity (Wildman–Crippen MR) is 134 cm³/mol. The average molecular weight is 488 g/mol. The summed E-state index contributed by atoms with van der Waals surface area (Å²) < 4.78 is 31.1. The van der Waals surface area contributed by atoms with Gasteiger partial charge in [-0.25, -0.2) is 8.42 Å². The van der Waals surface area contributed by atoms with Crippen LogP contribution >= 0.6 is 11.6 Å². The second kappa shape index (κ2) is 9.61. The number of fused-ring (bicyclic) bond motifs is 3. The van der Waals surface area contributed by atoms with Crippen LogP contribution in [-0.4, -0.2) is 44.5 Å². The number of sulfonamides is 1. The molecular weight excluding hydrogens is 462 g/mol. The van der Waals surface area contributed by atoms with Gasteiger partial charge in [-0.2, -0.15) is 0 Å². The van der Waals surface area contributed by atoms with Gasteiger partial charge in [-0.1, -0.05) is 29.8 Å². The Kier molecular flexibility index (Phi) is 6.81. The molecule has 1 heterocycles. The zero-order valence-corrected chi connectivity index (χ0v) is 19.9. The van der Waals surface area contributed by atoms with Gasteiger partial charge in [0.05, 0.1) is 28.6 Å². The first kappa shape index (κ1) is 23.4. The lowest BCUT2D eigenvalue weighted by molar-refractivity contribution is 0.172. The number of rotatable bonds is 9. The van der Waals surface area contributed by atoms with Crippen molar-refractivity contribution in [1.82, 2.24) is 10.3 Å². The molecule has 1 atom stereocenters. The largest absolute Gasteiger partial charge is 0.492 e. The predicted octanol–water partition coefficient (Wildman–Crippen LogP) is 4.36. The van der Waals surface area contributed by atoms with Crippen molar-refractivity contribution in [3.05, 3.63) is 70.7 Å². The number of aromatic nitrogens is 1. The van der Waals surface area contributed by atoms with Crippen molar-refractivity contribution >= 4 is 49.1 Å². The summed E-state index contributed by atoms with van der Waals surface area (Å²) in [6.07, 6.45) is 0.221. The van der Waals surface area contributed by atoms with Gasteiger partial charge in [0.1, 0.15) is 12.4 Å². The van der Waals surface area contributed by atoms with Gasteiger partial charge in [0.15, 0.2) is 0 Å². The number of H-pyrrole nitrogens is 1. The Labute approximate surface area is 197 Å². The number of nitrogens with one attached hydrogen (secondary N) is 3. The Balaban J connectivity index is 1.30. The molecule has 4 N–H and O–H groups in total. The lowest BCUT2D eigenvalue weighted by Crippen LogP contribution is -2.26. The summed E-state index contributed by atoms with van der Waals surface area (Å²) in [6.45, 7) is 3.31. The molecule has 1 aromatic heterocycles. The monoisotopic (exact) mass is 487 g/mol. The summed E-state index contributed by atoms with van der Waals surface area (Å²) in [5, 5.41) is 16.2. The first-order chi connectivity index (χ1) is 15.7. The molecular formula is C24H26ClN3O4S. The zero-order chi connectivity index (χ0) is 23.6. The topological polar surface area (TPSA) is 103 Å². The van der Waals surface area contributed by atoms with Crippen LogP contribution in [0.1, 0.15) is 17.2 Å². The third-order valence-corrected chi connectivity index (χ3v) is 6.20. The van der Waals surface area contributed by atoms with Gasteiger partial charge in [-0.3, -0.25) is 4.72 Å². The summed E-state index contributed by atoms with van der Waals surface area (Å²) >= 11 is 6.03. The lowest BCUT2D eigenvalue weighted by atomic mass is 10.1. The highest BCUT2D eigenvalue weighted by Crippen LogP contribution is 2.29. The number of aliphatic hydroxyl groups is 1. The fourth-order valence-corrected chi connectivity index (χ4v) is 4.51. The number of benzene rings is 3. The summed E-state index contributed by atoms with van der Waals surface area (Å²) in [5.74, 6) is 0.766. The standard InChI is InChI=1S/C24H26ClN3O4S/c1-15-3-6-18-19-7-5-17(13-22(19)27-21(18)11-15)32-10-9-26-14-24(29)16-4-8-20(25)23(12-16)28-33(2,30)31/h3-8,11-13,24,26-29H,9-10,14H2,1-2H3/t24-/m0/s1. The van der Waals surface area contributed by atoms with Gasteiger partial charge in [-0.05, 0) is 48.4 Å². The van der Waals surface area contributed by atoms with Crippen molar-refractivity contribution in [1.29, 1.82) is 0 Å². The molecule has 0 bridgehead atoms. The molecule has 0 fully saturated rings. The SMILES string of the molecule is Cc1ccc2c(c1)[nH]c1cc(OCCNC[C@H](O)c3ccc(Cl)c(NS(C)(=O)=O)c3)ccc12. The van der Waals surface area contributed by atoms with E-state index >= 15 is 0 Å². The van der Waals surface area contributed by atoms with E-state index < -0.39 is 16.1 Å². The molecule has 0 unspecified atom stereocenters. The maximum atomic E-state index is 11.5. The van der Waals surface area contributed by atoms with E-state index in [0.717, 1.165) is 28.4 Å². The molecule has 4 aromatic rings. The van der Waals surface area contributed by atoms with Crippen LogP contribution in [0.5, 0.6) is 5.75 Å². The van der Waals surface area contributed by atoms with Gasteiger partial charge in [0.2, 0.25) is 10.0 Å². The van der Waals surface area contributed by atoms with Crippen molar-refractivity contribution in [2.24, 2.45) is 0 Å². The van der Waals surface area contributed by atoms with E-state index in [4.69, 9.17) is 16.3 Å². The van der Waals surface area contributed by atoms with Gasteiger partial charge in [-0.15, -0.1) is 0 Å². The molecule has 4 rings (SSSR count). The fourth-order valence-electron chi connectivity index (χ4n) is 3.72. The fraction of sp³-hybridized carbons (Fsp3) is 0.250. The molecule has 0 aliphatic rings. The number of aryl methyl sites for hydroxylation is 1. The van der Waals surface area contributed by atoms with Crippen molar-refractivity contribution in [2.45, 2.75) is 13.0 Å². The maximum Gasteiger partial charge on any atom is 0.229 e. The Morgan fingerprint density at radius 3 is 2.55 bits per heavy atom. The van der Waals surface area contributed by atoms with E-state index in [0.29, 0.717) is 18.7 Å². The van der Waals surface area contributed by atoms with E-state index in [2.05, 4.69) is 46.2 Å². The highest BCUT2D eigenvalue weighted by atomic mass is 35.5. The van der Waals surface area contributed by atoms with Crippen LogP contribution in [0.2, 0.25) is 5.02 Å².